The molecule has 4 rings (SSSR count). The second-order valence-corrected chi connectivity index (χ2v) is 6.50. The summed E-state index contributed by atoms with van der Waals surface area (Å²) in [6.45, 7) is 0. The average Bonchev–Trinajstić information content (AvgIpc) is 3.32. The van der Waals surface area contributed by atoms with E-state index in [-0.39, 0.29) is 17.4 Å². The molecule has 0 fully saturated rings. The molecular weight excluding hydrogens is 362 g/mol. The smallest absolute Gasteiger partial charge is 0.234 e. The van der Waals surface area contributed by atoms with Gasteiger partial charge >= 0.3 is 0 Å². The fraction of sp³-hybridized carbons (Fsp3) is 0.0526. The number of nitriles is 1. The maximum absolute atomic E-state index is 12.3. The van der Waals surface area contributed by atoms with Gasteiger partial charge in [-0.3, -0.25) is 4.79 Å². The van der Waals surface area contributed by atoms with Gasteiger partial charge in [-0.1, -0.05) is 42.1 Å². The molecule has 2 aromatic carbocycles. The monoisotopic (exact) mass is 375 g/mol. The molecule has 0 saturated carbocycles. The fourth-order valence-corrected chi connectivity index (χ4v) is 3.17. The highest BCUT2D eigenvalue weighted by molar-refractivity contribution is 7.99. The first-order chi connectivity index (χ1) is 13.2. The van der Waals surface area contributed by atoms with Crippen molar-refractivity contribution in [3.63, 3.8) is 0 Å². The van der Waals surface area contributed by atoms with E-state index in [4.69, 9.17) is 4.42 Å². The Labute approximate surface area is 158 Å². The number of nitrogens with zero attached hydrogens (tertiary/aromatic N) is 4. The lowest BCUT2D eigenvalue weighted by Crippen LogP contribution is -2.14. The molecule has 0 saturated heterocycles. The Morgan fingerprint density at radius 1 is 1.19 bits per heavy atom. The Morgan fingerprint density at radius 2 is 1.96 bits per heavy atom. The molecule has 0 unspecified atom stereocenters. The second-order valence-electron chi connectivity index (χ2n) is 5.56. The van der Waals surface area contributed by atoms with Crippen molar-refractivity contribution >= 4 is 34.3 Å². The second kappa shape index (κ2) is 7.35. The van der Waals surface area contributed by atoms with Crippen LogP contribution in [0.25, 0.3) is 16.7 Å². The van der Waals surface area contributed by atoms with Gasteiger partial charge in [-0.15, -0.1) is 5.10 Å². The number of rotatable bonds is 5. The van der Waals surface area contributed by atoms with Crippen molar-refractivity contribution in [1.82, 2.24) is 14.8 Å². The molecule has 27 heavy (non-hydrogen) atoms. The SMILES string of the molecule is N#Cc1oc2ccccc2c1NC(=O)CSc1ncn(-c2ccccc2)n1. The van der Waals surface area contributed by atoms with Gasteiger partial charge in [-0.05, 0) is 24.3 Å². The summed E-state index contributed by atoms with van der Waals surface area (Å²) in [7, 11) is 0. The zero-order valence-electron chi connectivity index (χ0n) is 14.0. The van der Waals surface area contributed by atoms with Crippen LogP contribution in [0.5, 0.6) is 0 Å². The summed E-state index contributed by atoms with van der Waals surface area (Å²) in [5.41, 5.74) is 1.84. The topological polar surface area (TPSA) is 96.7 Å². The molecule has 8 heteroatoms. The lowest BCUT2D eigenvalue weighted by molar-refractivity contribution is -0.113. The summed E-state index contributed by atoms with van der Waals surface area (Å²) in [5.74, 6) is -0.0662. The molecule has 132 valence electrons. The summed E-state index contributed by atoms with van der Waals surface area (Å²) >= 11 is 1.22. The Bertz CT molecular complexity index is 1140. The normalized spacial score (nSPS) is 10.6. The van der Waals surface area contributed by atoms with Crippen LogP contribution in [0.1, 0.15) is 5.76 Å². The summed E-state index contributed by atoms with van der Waals surface area (Å²) < 4.78 is 7.10. The molecule has 0 radical (unpaired) electrons. The number of amides is 1. The van der Waals surface area contributed by atoms with E-state index in [1.165, 1.54) is 11.8 Å². The highest BCUT2D eigenvalue weighted by Gasteiger charge is 2.16. The van der Waals surface area contributed by atoms with Crippen molar-refractivity contribution in [2.45, 2.75) is 5.16 Å². The number of anilines is 1. The summed E-state index contributed by atoms with van der Waals surface area (Å²) in [6, 6.07) is 18.7. The van der Waals surface area contributed by atoms with E-state index in [2.05, 4.69) is 15.4 Å². The van der Waals surface area contributed by atoms with Gasteiger partial charge in [0.2, 0.25) is 16.8 Å². The first kappa shape index (κ1) is 16.9. The van der Waals surface area contributed by atoms with E-state index in [1.54, 1.807) is 23.1 Å². The number of carbonyl (C=O) groups is 1. The van der Waals surface area contributed by atoms with Crippen molar-refractivity contribution in [1.29, 1.82) is 5.26 Å². The molecule has 0 aliphatic rings. The van der Waals surface area contributed by atoms with Gasteiger partial charge in [0.1, 0.15) is 23.7 Å². The van der Waals surface area contributed by atoms with Crippen molar-refractivity contribution in [3.05, 3.63) is 66.7 Å². The van der Waals surface area contributed by atoms with E-state index >= 15 is 0 Å². The number of para-hydroxylation sites is 2. The van der Waals surface area contributed by atoms with Crippen LogP contribution in [-0.4, -0.2) is 26.4 Å². The number of nitrogens with one attached hydrogen (secondary N) is 1. The fourth-order valence-electron chi connectivity index (χ4n) is 2.57. The van der Waals surface area contributed by atoms with E-state index < -0.39 is 0 Å². The number of benzene rings is 2. The molecule has 1 amide bonds. The van der Waals surface area contributed by atoms with Crippen LogP contribution < -0.4 is 5.32 Å². The maximum atomic E-state index is 12.3. The Kier molecular flexibility index (Phi) is 4.60. The lowest BCUT2D eigenvalue weighted by atomic mass is 10.2. The molecule has 4 aromatic rings. The van der Waals surface area contributed by atoms with Gasteiger partial charge in [-0.25, -0.2) is 9.67 Å². The highest BCUT2D eigenvalue weighted by atomic mass is 32.2. The van der Waals surface area contributed by atoms with Crippen LogP contribution in [-0.2, 0) is 4.79 Å². The largest absolute Gasteiger partial charge is 0.443 e. The number of carbonyl (C=O) groups excluding carboxylic acids is 1. The first-order valence-corrected chi connectivity index (χ1v) is 9.04. The standard InChI is InChI=1S/C19H13N5O2S/c20-10-16-18(14-8-4-5-9-15(14)26-16)22-17(25)11-27-19-21-12-24(23-19)13-6-2-1-3-7-13/h1-9,12H,11H2,(H,22,25). The Hall–Kier alpha value is -3.57. The minimum atomic E-state index is -0.265. The number of hydrogen-bond acceptors (Lipinski definition) is 6. The third-order valence-corrected chi connectivity index (χ3v) is 4.64. The first-order valence-electron chi connectivity index (χ1n) is 8.06. The molecule has 0 aliphatic carbocycles. The van der Waals surface area contributed by atoms with Crippen molar-refractivity contribution in [3.8, 4) is 11.8 Å². The Morgan fingerprint density at radius 3 is 2.78 bits per heavy atom. The highest BCUT2D eigenvalue weighted by Crippen LogP contribution is 2.30. The van der Waals surface area contributed by atoms with Crippen molar-refractivity contribution in [2.75, 3.05) is 11.1 Å². The van der Waals surface area contributed by atoms with E-state index in [1.807, 2.05) is 48.5 Å². The van der Waals surface area contributed by atoms with Crippen LogP contribution >= 0.6 is 11.8 Å². The lowest BCUT2D eigenvalue weighted by Gasteiger charge is -2.02. The molecule has 0 bridgehead atoms. The zero-order chi connectivity index (χ0) is 18.6. The van der Waals surface area contributed by atoms with E-state index in [0.717, 1.165) is 5.69 Å². The third-order valence-electron chi connectivity index (χ3n) is 3.79. The maximum Gasteiger partial charge on any atom is 0.234 e. The van der Waals surface area contributed by atoms with Crippen LogP contribution in [0.15, 0.2) is 70.5 Å². The number of fused-ring (bicyclic) bond motifs is 1. The van der Waals surface area contributed by atoms with Crippen molar-refractivity contribution in [2.24, 2.45) is 0 Å². The number of aromatic nitrogens is 3. The number of hydrogen-bond donors (Lipinski definition) is 1. The van der Waals surface area contributed by atoms with Crippen LogP contribution in [0.2, 0.25) is 0 Å². The molecule has 0 spiro atoms. The van der Waals surface area contributed by atoms with E-state index in [0.29, 0.717) is 21.8 Å². The van der Waals surface area contributed by atoms with Gasteiger partial charge in [0.25, 0.3) is 0 Å². The van der Waals surface area contributed by atoms with Crippen LogP contribution in [0.3, 0.4) is 0 Å². The molecule has 2 heterocycles. The van der Waals surface area contributed by atoms with E-state index in [9.17, 15) is 10.1 Å². The molecule has 0 atom stereocenters. The third kappa shape index (κ3) is 3.54. The molecule has 0 aliphatic heterocycles. The van der Waals surface area contributed by atoms with Crippen LogP contribution in [0.4, 0.5) is 5.69 Å². The molecule has 2 aromatic heterocycles. The van der Waals surface area contributed by atoms with Crippen molar-refractivity contribution < 1.29 is 9.21 Å². The predicted molar refractivity (Wildman–Crippen MR) is 102 cm³/mol. The number of furan rings is 1. The van der Waals surface area contributed by atoms with Crippen LogP contribution in [0, 0.1) is 11.3 Å². The predicted octanol–water partition coefficient (Wildman–Crippen LogP) is 3.62. The van der Waals surface area contributed by atoms with Gasteiger partial charge in [0.05, 0.1) is 11.4 Å². The average molecular weight is 375 g/mol. The summed E-state index contributed by atoms with van der Waals surface area (Å²) in [4.78, 5) is 16.5. The van der Waals surface area contributed by atoms with Gasteiger partial charge < -0.3 is 9.73 Å². The quantitative estimate of drug-likeness (QED) is 0.535. The zero-order valence-corrected chi connectivity index (χ0v) is 14.8. The van der Waals surface area contributed by atoms with Gasteiger partial charge in [-0.2, -0.15) is 5.26 Å². The van der Waals surface area contributed by atoms with Gasteiger partial charge in [0, 0.05) is 5.39 Å². The minimum absolute atomic E-state index is 0.0843. The number of thioether (sulfide) groups is 1. The summed E-state index contributed by atoms with van der Waals surface area (Å²) in [6.07, 6.45) is 1.60. The molecule has 7 nitrogen and oxygen atoms in total. The minimum Gasteiger partial charge on any atom is -0.443 e. The molecule has 1 N–H and O–H groups in total. The molecular formula is C19H13N5O2S. The van der Waals surface area contributed by atoms with Gasteiger partial charge in [0.15, 0.2) is 0 Å². The summed E-state index contributed by atoms with van der Waals surface area (Å²) in [5, 5.41) is 17.5. The Balaban J connectivity index is 1.44.